The third kappa shape index (κ3) is 4.15. The molecule has 0 saturated carbocycles. The second-order valence-corrected chi connectivity index (χ2v) is 7.14. The van der Waals surface area contributed by atoms with E-state index in [2.05, 4.69) is 19.9 Å². The number of anilines is 1. The van der Waals surface area contributed by atoms with Crippen LogP contribution in [0.2, 0.25) is 0 Å². The zero-order valence-corrected chi connectivity index (χ0v) is 13.5. The van der Waals surface area contributed by atoms with Crippen LogP contribution < -0.4 is 10.0 Å². The number of hydrogen-bond acceptors (Lipinski definition) is 5. The van der Waals surface area contributed by atoms with E-state index >= 15 is 0 Å². The highest BCUT2D eigenvalue weighted by Gasteiger charge is 2.25. The van der Waals surface area contributed by atoms with Crippen LogP contribution in [0.5, 0.6) is 0 Å². The Balaban J connectivity index is 2.08. The fourth-order valence-corrected chi connectivity index (χ4v) is 3.71. The van der Waals surface area contributed by atoms with Gasteiger partial charge in [-0.25, -0.2) is 18.1 Å². The molecule has 1 atom stereocenters. The van der Waals surface area contributed by atoms with Gasteiger partial charge in [-0.1, -0.05) is 6.92 Å². The molecule has 1 fully saturated rings. The summed E-state index contributed by atoms with van der Waals surface area (Å²) in [6, 6.07) is 3.52. The maximum absolute atomic E-state index is 12.5. The van der Waals surface area contributed by atoms with Gasteiger partial charge in [0.1, 0.15) is 10.7 Å². The van der Waals surface area contributed by atoms with Crippen molar-refractivity contribution >= 4 is 15.8 Å². The molecule has 2 heterocycles. The average molecular weight is 312 g/mol. The molecule has 21 heavy (non-hydrogen) atoms. The van der Waals surface area contributed by atoms with Crippen LogP contribution in [0.3, 0.4) is 0 Å². The molecule has 0 bridgehead atoms. The topological polar surface area (TPSA) is 74.3 Å². The van der Waals surface area contributed by atoms with Gasteiger partial charge in [-0.2, -0.15) is 0 Å². The van der Waals surface area contributed by atoms with Crippen molar-refractivity contribution in [3.8, 4) is 0 Å². The van der Waals surface area contributed by atoms with E-state index in [-0.39, 0.29) is 10.9 Å². The number of nitrogens with one attached hydrogen (secondary N) is 2. The Bertz CT molecular complexity index is 562. The van der Waals surface area contributed by atoms with Crippen LogP contribution in [0, 0.1) is 0 Å². The van der Waals surface area contributed by atoms with Crippen molar-refractivity contribution in [3.05, 3.63) is 18.3 Å². The number of hydrogen-bond donors (Lipinski definition) is 2. The van der Waals surface area contributed by atoms with Crippen molar-refractivity contribution in [2.45, 2.75) is 37.1 Å². The van der Waals surface area contributed by atoms with Gasteiger partial charge < -0.3 is 10.2 Å². The molecule has 1 aromatic rings. The minimum absolute atomic E-state index is 0.221. The Kier molecular flexibility index (Phi) is 5.55. The first-order chi connectivity index (χ1) is 10.0. The minimum Gasteiger partial charge on any atom is -0.369 e. The molecule has 0 aliphatic carbocycles. The first kappa shape index (κ1) is 16.2. The van der Waals surface area contributed by atoms with Crippen molar-refractivity contribution in [2.24, 2.45) is 0 Å². The smallest absolute Gasteiger partial charge is 0.244 e. The van der Waals surface area contributed by atoms with Crippen molar-refractivity contribution in [3.63, 3.8) is 0 Å². The van der Waals surface area contributed by atoms with Crippen LogP contribution in [0.15, 0.2) is 23.2 Å². The molecule has 0 spiro atoms. The molecule has 0 radical (unpaired) electrons. The summed E-state index contributed by atoms with van der Waals surface area (Å²) in [4.78, 5) is 6.55. The van der Waals surface area contributed by atoms with Crippen LogP contribution >= 0.6 is 0 Å². The number of aromatic nitrogens is 1. The monoisotopic (exact) mass is 312 g/mol. The van der Waals surface area contributed by atoms with Gasteiger partial charge in [-0.05, 0) is 45.0 Å². The van der Waals surface area contributed by atoms with E-state index in [1.54, 1.807) is 18.3 Å². The summed E-state index contributed by atoms with van der Waals surface area (Å²) in [6.45, 7) is 4.20. The lowest BCUT2D eigenvalue weighted by Gasteiger charge is -2.20. The van der Waals surface area contributed by atoms with Crippen LogP contribution in [0.25, 0.3) is 0 Å². The lowest BCUT2D eigenvalue weighted by Crippen LogP contribution is -2.38. The summed E-state index contributed by atoms with van der Waals surface area (Å²) in [6.07, 6.45) is 4.67. The quantitative estimate of drug-likeness (QED) is 0.793. The Labute approximate surface area is 127 Å². The van der Waals surface area contributed by atoms with Crippen LogP contribution in [0.4, 0.5) is 5.82 Å². The van der Waals surface area contributed by atoms with Crippen LogP contribution in [-0.2, 0) is 10.0 Å². The number of sulfonamides is 1. The molecule has 2 N–H and O–H groups in total. The Morgan fingerprint density at radius 2 is 2.29 bits per heavy atom. The number of nitrogens with zero attached hydrogens (tertiary/aromatic N) is 2. The zero-order valence-electron chi connectivity index (χ0n) is 12.7. The summed E-state index contributed by atoms with van der Waals surface area (Å²) in [5, 5.41) is 3.07. The highest BCUT2D eigenvalue weighted by Crippen LogP contribution is 2.19. The third-order valence-corrected chi connectivity index (χ3v) is 5.24. The third-order valence-electron chi connectivity index (χ3n) is 3.78. The Hall–Kier alpha value is -1.18. The van der Waals surface area contributed by atoms with Crippen LogP contribution in [-0.4, -0.2) is 51.0 Å². The summed E-state index contributed by atoms with van der Waals surface area (Å²) in [5.74, 6) is 0.423. The lowest BCUT2D eigenvalue weighted by molar-refractivity contribution is 0.311. The van der Waals surface area contributed by atoms with E-state index in [1.807, 2.05) is 14.0 Å². The molecule has 0 aromatic carbocycles. The predicted molar refractivity (Wildman–Crippen MR) is 83.9 cm³/mol. The molecule has 1 unspecified atom stereocenters. The molecule has 7 heteroatoms. The van der Waals surface area contributed by atoms with Gasteiger partial charge in [-0.15, -0.1) is 0 Å². The summed E-state index contributed by atoms with van der Waals surface area (Å²) in [7, 11) is -1.50. The van der Waals surface area contributed by atoms with Gasteiger partial charge in [0, 0.05) is 25.3 Å². The van der Waals surface area contributed by atoms with Crippen molar-refractivity contribution in [2.75, 3.05) is 32.0 Å². The minimum atomic E-state index is -3.53. The molecule has 1 aromatic heterocycles. The fraction of sp³-hybridized carbons (Fsp3) is 0.643. The molecular formula is C14H24N4O2S. The van der Waals surface area contributed by atoms with E-state index in [4.69, 9.17) is 0 Å². The highest BCUT2D eigenvalue weighted by molar-refractivity contribution is 7.89. The maximum atomic E-state index is 12.5. The van der Waals surface area contributed by atoms with Crippen molar-refractivity contribution < 1.29 is 8.42 Å². The summed E-state index contributed by atoms with van der Waals surface area (Å²) < 4.78 is 27.7. The molecule has 0 amide bonds. The van der Waals surface area contributed by atoms with Gasteiger partial charge in [0.15, 0.2) is 0 Å². The normalized spacial score (nSPS) is 19.8. The van der Waals surface area contributed by atoms with E-state index in [0.29, 0.717) is 18.9 Å². The van der Waals surface area contributed by atoms with E-state index in [0.717, 1.165) is 25.8 Å². The standard InChI is InChI=1S/C14H24N4O2S/c1-3-8-15-14-13(7-4-9-16-14)21(19,20)17-11-12-6-5-10-18(12)2/h4,7,9,12,17H,3,5-6,8,10-11H2,1-2H3,(H,15,16). The Morgan fingerprint density at radius 3 is 2.95 bits per heavy atom. The maximum Gasteiger partial charge on any atom is 0.244 e. The summed E-state index contributed by atoms with van der Waals surface area (Å²) in [5.41, 5.74) is 0. The summed E-state index contributed by atoms with van der Waals surface area (Å²) >= 11 is 0. The average Bonchev–Trinajstić information content (AvgIpc) is 2.89. The first-order valence-corrected chi connectivity index (χ1v) is 8.91. The van der Waals surface area contributed by atoms with Gasteiger partial charge in [-0.3, -0.25) is 0 Å². The Morgan fingerprint density at radius 1 is 1.48 bits per heavy atom. The second-order valence-electron chi connectivity index (χ2n) is 5.41. The second kappa shape index (κ2) is 7.20. The van der Waals surface area contributed by atoms with Gasteiger partial charge in [0.2, 0.25) is 10.0 Å². The zero-order chi connectivity index (χ0) is 15.3. The molecule has 2 rings (SSSR count). The lowest BCUT2D eigenvalue weighted by atomic mass is 10.2. The highest BCUT2D eigenvalue weighted by atomic mass is 32.2. The molecule has 1 aliphatic heterocycles. The fourth-order valence-electron chi connectivity index (χ4n) is 2.50. The molecule has 1 aliphatic rings. The number of rotatable bonds is 7. The van der Waals surface area contributed by atoms with Crippen LogP contribution in [0.1, 0.15) is 26.2 Å². The SMILES string of the molecule is CCCNc1ncccc1S(=O)(=O)NCC1CCCN1C. The van der Waals surface area contributed by atoms with E-state index in [1.165, 1.54) is 0 Å². The largest absolute Gasteiger partial charge is 0.369 e. The number of pyridine rings is 1. The molecule has 6 nitrogen and oxygen atoms in total. The van der Waals surface area contributed by atoms with Crippen molar-refractivity contribution in [1.82, 2.24) is 14.6 Å². The van der Waals surface area contributed by atoms with Gasteiger partial charge in [0.05, 0.1) is 0 Å². The number of likely N-dealkylation sites (N-methyl/N-ethyl adjacent to an activating group) is 1. The van der Waals surface area contributed by atoms with Crippen molar-refractivity contribution in [1.29, 1.82) is 0 Å². The molecular weight excluding hydrogens is 288 g/mol. The predicted octanol–water partition coefficient (Wildman–Crippen LogP) is 1.28. The molecule has 1 saturated heterocycles. The molecule has 118 valence electrons. The van der Waals surface area contributed by atoms with E-state index in [9.17, 15) is 8.42 Å². The number of likely N-dealkylation sites (tertiary alicyclic amines) is 1. The van der Waals surface area contributed by atoms with Gasteiger partial charge in [0.25, 0.3) is 0 Å². The van der Waals surface area contributed by atoms with E-state index < -0.39 is 10.0 Å². The first-order valence-electron chi connectivity index (χ1n) is 7.43. The van der Waals surface area contributed by atoms with Gasteiger partial charge >= 0.3 is 0 Å².